The summed E-state index contributed by atoms with van der Waals surface area (Å²) in [5.41, 5.74) is 1.22. The molecule has 3 rings (SSSR count). The molecule has 0 unspecified atom stereocenters. The first kappa shape index (κ1) is 21.3. The molecule has 1 N–H and O–H groups in total. The van der Waals surface area contributed by atoms with Gasteiger partial charge in [0.2, 0.25) is 0 Å². The van der Waals surface area contributed by atoms with Crippen molar-refractivity contribution in [1.82, 2.24) is 4.98 Å². The smallest absolute Gasteiger partial charge is 0.147 e. The minimum atomic E-state index is 0. The van der Waals surface area contributed by atoms with Gasteiger partial charge < -0.3 is 26.9 Å². The zero-order valence-corrected chi connectivity index (χ0v) is 17.5. The van der Waals surface area contributed by atoms with Crippen LogP contribution in [0.3, 0.4) is 0 Å². The van der Waals surface area contributed by atoms with Crippen LogP contribution in [0.2, 0.25) is 5.02 Å². The van der Waals surface area contributed by atoms with Crippen LogP contribution in [0.25, 0.3) is 0 Å². The van der Waals surface area contributed by atoms with Gasteiger partial charge in [-0.15, -0.1) is 0 Å². The maximum atomic E-state index is 9.06. The first-order chi connectivity index (χ1) is 12.0. The van der Waals surface area contributed by atoms with Crippen LogP contribution >= 0.6 is 23.4 Å². The summed E-state index contributed by atoms with van der Waals surface area (Å²) in [5.74, 6) is 0.994. The number of rotatable bonds is 7. The Bertz CT molecular complexity index is 742. The second-order valence-electron chi connectivity index (χ2n) is 7.01. The summed E-state index contributed by atoms with van der Waals surface area (Å²) in [6.07, 6.45) is 3.63. The number of aliphatic hydroxyl groups excluding tert-OH is 1. The first-order valence-corrected chi connectivity index (χ1v) is 9.82. The van der Waals surface area contributed by atoms with Crippen LogP contribution in [-0.4, -0.2) is 54.9 Å². The van der Waals surface area contributed by atoms with Gasteiger partial charge in [-0.05, 0) is 18.2 Å². The Hall–Kier alpha value is -0.980. The number of hydrogen-bond acceptors (Lipinski definition) is 4. The fourth-order valence-corrected chi connectivity index (χ4v) is 4.51. The van der Waals surface area contributed by atoms with Gasteiger partial charge in [0.25, 0.3) is 0 Å². The van der Waals surface area contributed by atoms with Gasteiger partial charge in [0, 0.05) is 37.1 Å². The Labute approximate surface area is 171 Å². The molecular weight excluding hydrogens is 389 g/mol. The highest BCUT2D eigenvalue weighted by Gasteiger charge is 2.25. The topological polar surface area (TPSA) is 36.4 Å². The highest BCUT2D eigenvalue weighted by atomic mass is 35.5. The zero-order chi connectivity index (χ0) is 17.9. The first-order valence-electron chi connectivity index (χ1n) is 8.63. The second kappa shape index (κ2) is 9.29. The minimum Gasteiger partial charge on any atom is -1.00 e. The predicted molar refractivity (Wildman–Crippen MR) is 105 cm³/mol. The second-order valence-corrected chi connectivity index (χ2v) is 8.53. The molecule has 1 aliphatic rings. The summed E-state index contributed by atoms with van der Waals surface area (Å²) in [6.45, 7) is 3.23. The van der Waals surface area contributed by atoms with E-state index in [9.17, 15) is 0 Å². The van der Waals surface area contributed by atoms with Crippen molar-refractivity contribution in [3.8, 4) is 0 Å². The lowest BCUT2D eigenvalue weighted by molar-refractivity contribution is -0.890. The van der Waals surface area contributed by atoms with Crippen molar-refractivity contribution in [2.45, 2.75) is 22.6 Å². The SMILES string of the molecule is C[N+](C)(CCCO)CCCN1c2ccccc2Sc2cc(Cl)cnc21.[Cl-]. The molecule has 0 saturated heterocycles. The fourth-order valence-electron chi connectivity index (χ4n) is 3.18. The van der Waals surface area contributed by atoms with E-state index in [1.165, 1.54) is 10.6 Å². The van der Waals surface area contributed by atoms with Crippen LogP contribution in [0.4, 0.5) is 11.5 Å². The molecule has 0 aliphatic carbocycles. The van der Waals surface area contributed by atoms with Crippen LogP contribution in [0.1, 0.15) is 12.8 Å². The molecule has 2 heterocycles. The molecule has 7 heteroatoms. The van der Waals surface area contributed by atoms with Gasteiger partial charge in [-0.25, -0.2) is 4.98 Å². The molecule has 0 radical (unpaired) electrons. The third-order valence-corrected chi connectivity index (χ3v) is 5.79. The normalized spacial score (nSPS) is 13.0. The standard InChI is InChI=1S/C19H25ClN3OS.ClH/c1-23(2,11-6-12-24)10-5-9-22-16-7-3-4-8-17(16)25-18-13-15(20)14-21-19(18)22;/h3-4,7-8,13-14,24H,5-6,9-12H2,1-2H3;1H/q+1;/p-1. The lowest BCUT2D eigenvalue weighted by Gasteiger charge is -2.34. The van der Waals surface area contributed by atoms with E-state index in [2.05, 4.69) is 48.2 Å². The minimum absolute atomic E-state index is 0. The molecule has 0 bridgehead atoms. The Morgan fingerprint density at radius 3 is 2.65 bits per heavy atom. The van der Waals surface area contributed by atoms with E-state index >= 15 is 0 Å². The highest BCUT2D eigenvalue weighted by Crippen LogP contribution is 2.47. The van der Waals surface area contributed by atoms with Gasteiger partial charge in [0.1, 0.15) is 5.82 Å². The molecule has 1 aliphatic heterocycles. The molecule has 0 atom stereocenters. The molecular formula is C19H25Cl2N3OS. The summed E-state index contributed by atoms with van der Waals surface area (Å²) < 4.78 is 0.922. The van der Waals surface area contributed by atoms with Crippen LogP contribution in [-0.2, 0) is 0 Å². The number of anilines is 2. The van der Waals surface area contributed by atoms with Crippen LogP contribution in [0.15, 0.2) is 46.3 Å². The third kappa shape index (κ3) is 5.05. The fraction of sp³-hybridized carbons (Fsp3) is 0.421. The largest absolute Gasteiger partial charge is 1.00 e. The number of quaternary nitrogens is 1. The molecule has 2 aromatic rings. The lowest BCUT2D eigenvalue weighted by atomic mass is 10.2. The van der Waals surface area contributed by atoms with Crippen molar-refractivity contribution in [3.05, 3.63) is 41.6 Å². The molecule has 1 aromatic carbocycles. The maximum Gasteiger partial charge on any atom is 0.147 e. The van der Waals surface area contributed by atoms with Crippen molar-refractivity contribution < 1.29 is 22.0 Å². The van der Waals surface area contributed by atoms with Crippen molar-refractivity contribution in [3.63, 3.8) is 0 Å². The molecule has 0 spiro atoms. The number of fused-ring (bicyclic) bond motifs is 2. The van der Waals surface area contributed by atoms with E-state index in [1.54, 1.807) is 18.0 Å². The predicted octanol–water partition coefficient (Wildman–Crippen LogP) is 1.19. The molecule has 0 saturated carbocycles. The number of nitrogens with zero attached hydrogens (tertiary/aromatic N) is 3. The third-order valence-electron chi connectivity index (χ3n) is 4.50. The highest BCUT2D eigenvalue weighted by molar-refractivity contribution is 7.99. The zero-order valence-electron chi connectivity index (χ0n) is 15.2. The Morgan fingerprint density at radius 2 is 1.88 bits per heavy atom. The van der Waals surface area contributed by atoms with Gasteiger partial charge >= 0.3 is 0 Å². The maximum absolute atomic E-state index is 9.06. The average molecular weight is 414 g/mol. The van der Waals surface area contributed by atoms with Crippen molar-refractivity contribution in [2.75, 3.05) is 45.2 Å². The number of halogens is 2. The molecule has 4 nitrogen and oxygen atoms in total. The Kier molecular flexibility index (Phi) is 7.62. The monoisotopic (exact) mass is 413 g/mol. The molecule has 0 fully saturated rings. The number of para-hydroxylation sites is 1. The van der Waals surface area contributed by atoms with E-state index < -0.39 is 0 Å². The van der Waals surface area contributed by atoms with Crippen molar-refractivity contribution in [1.29, 1.82) is 0 Å². The van der Waals surface area contributed by atoms with Crippen LogP contribution in [0.5, 0.6) is 0 Å². The van der Waals surface area contributed by atoms with E-state index in [4.69, 9.17) is 16.7 Å². The van der Waals surface area contributed by atoms with Crippen LogP contribution in [0, 0.1) is 0 Å². The number of pyridine rings is 1. The van der Waals surface area contributed by atoms with Gasteiger partial charge in [0.05, 0.1) is 42.8 Å². The summed E-state index contributed by atoms with van der Waals surface area (Å²) in [7, 11) is 4.45. The van der Waals surface area contributed by atoms with E-state index in [0.717, 1.165) is 47.7 Å². The Balaban J connectivity index is 0.00000243. The summed E-state index contributed by atoms with van der Waals surface area (Å²) in [6, 6.07) is 10.5. The summed E-state index contributed by atoms with van der Waals surface area (Å²) in [4.78, 5) is 9.26. The number of aromatic nitrogens is 1. The van der Waals surface area contributed by atoms with Crippen molar-refractivity contribution >= 4 is 34.9 Å². The number of aliphatic hydroxyl groups is 1. The number of benzene rings is 1. The molecule has 0 amide bonds. The average Bonchev–Trinajstić information content (AvgIpc) is 2.59. The quantitative estimate of drug-likeness (QED) is 0.691. The molecule has 1 aromatic heterocycles. The number of hydrogen-bond donors (Lipinski definition) is 1. The van der Waals surface area contributed by atoms with Gasteiger partial charge in [-0.2, -0.15) is 0 Å². The van der Waals surface area contributed by atoms with Gasteiger partial charge in [-0.1, -0.05) is 35.5 Å². The molecule has 26 heavy (non-hydrogen) atoms. The summed E-state index contributed by atoms with van der Waals surface area (Å²) >= 11 is 7.88. The summed E-state index contributed by atoms with van der Waals surface area (Å²) in [5, 5.41) is 9.73. The van der Waals surface area contributed by atoms with Gasteiger partial charge in [-0.3, -0.25) is 0 Å². The van der Waals surface area contributed by atoms with E-state index in [1.807, 2.05) is 6.07 Å². The van der Waals surface area contributed by atoms with E-state index in [0.29, 0.717) is 5.02 Å². The van der Waals surface area contributed by atoms with Crippen molar-refractivity contribution in [2.24, 2.45) is 0 Å². The lowest BCUT2D eigenvalue weighted by Crippen LogP contribution is -3.00. The van der Waals surface area contributed by atoms with E-state index in [-0.39, 0.29) is 19.0 Å². The molecule has 142 valence electrons. The van der Waals surface area contributed by atoms with Crippen LogP contribution < -0.4 is 17.3 Å². The Morgan fingerprint density at radius 1 is 1.15 bits per heavy atom. The van der Waals surface area contributed by atoms with Gasteiger partial charge in [0.15, 0.2) is 0 Å².